The van der Waals surface area contributed by atoms with Crippen molar-refractivity contribution in [2.75, 3.05) is 6.54 Å². The lowest BCUT2D eigenvalue weighted by molar-refractivity contribution is -0.231. The fourth-order valence-electron chi connectivity index (χ4n) is 11.1. The molecule has 6 aliphatic carbocycles. The molecule has 0 radical (unpaired) electrons. The van der Waals surface area contributed by atoms with E-state index in [0.717, 1.165) is 18.4 Å². The van der Waals surface area contributed by atoms with E-state index in [4.69, 9.17) is 9.47 Å². The van der Waals surface area contributed by atoms with Crippen molar-refractivity contribution >= 4 is 11.9 Å². The summed E-state index contributed by atoms with van der Waals surface area (Å²) >= 11 is 0. The maximum absolute atomic E-state index is 12.2. The predicted molar refractivity (Wildman–Crippen MR) is 105 cm³/mol. The lowest BCUT2D eigenvalue weighted by Gasteiger charge is -2.66. The molecule has 0 amide bonds. The molecule has 12 atom stereocenters. The van der Waals surface area contributed by atoms with E-state index in [1.807, 2.05) is 0 Å². The molecule has 9 rings (SSSR count). The van der Waals surface area contributed by atoms with Gasteiger partial charge in [0, 0.05) is 49.7 Å². The molecule has 6 saturated carbocycles. The molecule has 0 aromatic rings. The van der Waals surface area contributed by atoms with E-state index in [-0.39, 0.29) is 40.9 Å². The molecule has 29 heavy (non-hydrogen) atoms. The van der Waals surface area contributed by atoms with Crippen LogP contribution in [-0.2, 0) is 19.1 Å². The van der Waals surface area contributed by atoms with E-state index in [2.05, 4.69) is 18.4 Å². The molecular weight excluding hydrogens is 366 g/mol. The largest absolute Gasteiger partial charge is 0.462 e. The molecular formula is C24H31NO4. The Bertz CT molecular complexity index is 884. The van der Waals surface area contributed by atoms with Gasteiger partial charge >= 0.3 is 11.9 Å². The average molecular weight is 398 g/mol. The SMILES string of the molecule is C=C1[C@H]2C[C@@H]3[C@H]4N5C[C@]6(C)CCC[C@]47[C@H]([C@H]2OC(C)=O)[C@]3(C[C@H]5[C@H]67)[C@@H]1OC(C)=O. The second kappa shape index (κ2) is 4.76. The summed E-state index contributed by atoms with van der Waals surface area (Å²) in [5.74, 6) is 1.32. The van der Waals surface area contributed by atoms with Gasteiger partial charge in [0.05, 0.1) is 0 Å². The van der Waals surface area contributed by atoms with Crippen molar-refractivity contribution in [2.45, 2.75) is 77.2 Å². The predicted octanol–water partition coefficient (Wildman–Crippen LogP) is 2.93. The van der Waals surface area contributed by atoms with Crippen molar-refractivity contribution in [3.05, 3.63) is 12.2 Å². The summed E-state index contributed by atoms with van der Waals surface area (Å²) in [7, 11) is 0. The van der Waals surface area contributed by atoms with Crippen LogP contribution in [-0.4, -0.2) is 47.7 Å². The Hall–Kier alpha value is -1.36. The first-order valence-corrected chi connectivity index (χ1v) is 11.5. The van der Waals surface area contributed by atoms with Gasteiger partial charge in [-0.25, -0.2) is 0 Å². The number of carbonyl (C=O) groups is 2. The third-order valence-electron chi connectivity index (χ3n) is 10.9. The molecule has 3 aliphatic heterocycles. The first-order chi connectivity index (χ1) is 13.8. The van der Waals surface area contributed by atoms with Gasteiger partial charge in [-0.3, -0.25) is 14.5 Å². The summed E-state index contributed by atoms with van der Waals surface area (Å²) in [5, 5.41) is 0. The minimum Gasteiger partial charge on any atom is -0.462 e. The van der Waals surface area contributed by atoms with Gasteiger partial charge in [0.15, 0.2) is 0 Å². The van der Waals surface area contributed by atoms with Crippen molar-refractivity contribution in [2.24, 2.45) is 39.9 Å². The summed E-state index contributed by atoms with van der Waals surface area (Å²) in [6.07, 6.45) is 5.70. The summed E-state index contributed by atoms with van der Waals surface area (Å²) in [6.45, 7) is 11.3. The van der Waals surface area contributed by atoms with Gasteiger partial charge in [0.25, 0.3) is 0 Å². The Kier molecular flexibility index (Phi) is 2.85. The van der Waals surface area contributed by atoms with E-state index >= 15 is 0 Å². The van der Waals surface area contributed by atoms with Gasteiger partial charge in [-0.05, 0) is 53.9 Å². The smallest absolute Gasteiger partial charge is 0.303 e. The number of hydrogen-bond acceptors (Lipinski definition) is 5. The second-order valence-corrected chi connectivity index (χ2v) is 11.7. The highest BCUT2D eigenvalue weighted by molar-refractivity contribution is 5.68. The Morgan fingerprint density at radius 2 is 1.86 bits per heavy atom. The number of fused-ring (bicyclic) bond motifs is 1. The van der Waals surface area contributed by atoms with E-state index in [1.165, 1.54) is 32.7 Å². The fourth-order valence-corrected chi connectivity index (χ4v) is 11.1. The van der Waals surface area contributed by atoms with Crippen LogP contribution in [0.1, 0.15) is 52.9 Å². The number of esters is 2. The van der Waals surface area contributed by atoms with E-state index in [9.17, 15) is 9.59 Å². The van der Waals surface area contributed by atoms with Crippen LogP contribution >= 0.6 is 0 Å². The van der Waals surface area contributed by atoms with Crippen molar-refractivity contribution in [1.29, 1.82) is 0 Å². The van der Waals surface area contributed by atoms with E-state index < -0.39 is 0 Å². The molecule has 9 aliphatic rings. The van der Waals surface area contributed by atoms with Crippen molar-refractivity contribution in [3.63, 3.8) is 0 Å². The Morgan fingerprint density at radius 1 is 1.10 bits per heavy atom. The topological polar surface area (TPSA) is 55.8 Å². The molecule has 1 unspecified atom stereocenters. The van der Waals surface area contributed by atoms with Crippen LogP contribution in [0.3, 0.4) is 0 Å². The van der Waals surface area contributed by atoms with Gasteiger partial charge in [-0.1, -0.05) is 19.9 Å². The number of hydrogen-bond donors (Lipinski definition) is 0. The first-order valence-electron chi connectivity index (χ1n) is 11.5. The van der Waals surface area contributed by atoms with Crippen molar-refractivity contribution in [3.8, 4) is 0 Å². The number of ether oxygens (including phenoxy) is 2. The minimum atomic E-state index is -0.202. The molecule has 156 valence electrons. The van der Waals surface area contributed by atoms with Crippen LogP contribution < -0.4 is 0 Å². The Labute approximate surface area is 172 Å². The zero-order chi connectivity index (χ0) is 20.1. The molecule has 3 saturated heterocycles. The molecule has 9 bridgehead atoms. The zero-order valence-electron chi connectivity index (χ0n) is 17.6. The van der Waals surface area contributed by atoms with Gasteiger partial charge in [0.1, 0.15) is 12.2 Å². The fraction of sp³-hybridized carbons (Fsp3) is 0.833. The van der Waals surface area contributed by atoms with Gasteiger partial charge in [-0.15, -0.1) is 0 Å². The minimum absolute atomic E-state index is 0.0808. The maximum Gasteiger partial charge on any atom is 0.303 e. The van der Waals surface area contributed by atoms with E-state index in [1.54, 1.807) is 6.92 Å². The van der Waals surface area contributed by atoms with Crippen molar-refractivity contribution < 1.29 is 19.1 Å². The number of carbonyl (C=O) groups excluding carboxylic acids is 2. The zero-order valence-corrected chi connectivity index (χ0v) is 17.6. The maximum atomic E-state index is 12.2. The summed E-state index contributed by atoms with van der Waals surface area (Å²) in [5.41, 5.74) is 1.56. The summed E-state index contributed by atoms with van der Waals surface area (Å²) < 4.78 is 12.2. The molecule has 3 heterocycles. The molecule has 0 aromatic carbocycles. The van der Waals surface area contributed by atoms with Gasteiger partial charge in [0.2, 0.25) is 0 Å². The standard InChI is InChI=1S/C24H31NO4/c1-11-14-8-15-20-23-7-5-6-22(4)10-25(20)16(18(22)23)9-24(15,21(11)29-13(3)27)19(23)17(14)28-12(2)26/h14-21H,1,5-10H2,2-4H3/t14-,15-,16+,17+,18-,19+,20-,21-,22+,23+,24-/m1/s1. The third-order valence-corrected chi connectivity index (χ3v) is 10.9. The third kappa shape index (κ3) is 1.54. The number of rotatable bonds is 2. The molecule has 9 fully saturated rings. The average Bonchev–Trinajstić information content (AvgIpc) is 3.05. The van der Waals surface area contributed by atoms with Crippen molar-refractivity contribution in [1.82, 2.24) is 4.90 Å². The Balaban J connectivity index is 1.47. The Morgan fingerprint density at radius 3 is 2.59 bits per heavy atom. The summed E-state index contributed by atoms with van der Waals surface area (Å²) in [4.78, 5) is 27.2. The van der Waals surface area contributed by atoms with Gasteiger partial charge in [-0.2, -0.15) is 0 Å². The lowest BCUT2D eigenvalue weighted by Crippen LogP contribution is -2.69. The highest BCUT2D eigenvalue weighted by atomic mass is 16.6. The number of nitrogens with zero attached hydrogens (tertiary/aromatic N) is 1. The lowest BCUT2D eigenvalue weighted by atomic mass is 9.39. The summed E-state index contributed by atoms with van der Waals surface area (Å²) in [6, 6.07) is 1.19. The highest BCUT2D eigenvalue weighted by Gasteiger charge is 2.90. The molecule has 5 heteroatoms. The van der Waals surface area contributed by atoms with Gasteiger partial charge < -0.3 is 9.47 Å². The van der Waals surface area contributed by atoms with Crippen LogP contribution in [0, 0.1) is 39.9 Å². The normalized spacial score (nSPS) is 61.9. The van der Waals surface area contributed by atoms with E-state index in [0.29, 0.717) is 35.3 Å². The molecule has 0 N–H and O–H groups in total. The van der Waals surface area contributed by atoms with Crippen LogP contribution in [0.25, 0.3) is 0 Å². The second-order valence-electron chi connectivity index (χ2n) is 11.7. The molecule has 0 aromatic heterocycles. The highest BCUT2D eigenvalue weighted by Crippen LogP contribution is 2.87. The molecule has 2 spiro atoms. The molecule has 5 nitrogen and oxygen atoms in total. The van der Waals surface area contributed by atoms with Crippen LogP contribution in [0.4, 0.5) is 0 Å². The first kappa shape index (κ1) is 17.3. The van der Waals surface area contributed by atoms with Crippen LogP contribution in [0.5, 0.6) is 0 Å². The van der Waals surface area contributed by atoms with Crippen LogP contribution in [0.15, 0.2) is 12.2 Å². The quantitative estimate of drug-likeness (QED) is 0.530. The monoisotopic (exact) mass is 397 g/mol. The number of piperidine rings is 2. The van der Waals surface area contributed by atoms with Crippen LogP contribution in [0.2, 0.25) is 0 Å².